The minimum atomic E-state index is -3.87. The van der Waals surface area contributed by atoms with Gasteiger partial charge in [0.2, 0.25) is 10.0 Å². The summed E-state index contributed by atoms with van der Waals surface area (Å²) in [5, 5.41) is 10.4. The van der Waals surface area contributed by atoms with Crippen molar-refractivity contribution in [2.75, 3.05) is 12.8 Å². The Labute approximate surface area is 195 Å². The van der Waals surface area contributed by atoms with E-state index in [0.717, 1.165) is 17.2 Å². The Morgan fingerprint density at radius 3 is 2.52 bits per heavy atom. The quantitative estimate of drug-likeness (QED) is 0.633. The van der Waals surface area contributed by atoms with Crippen LogP contribution in [0.2, 0.25) is 5.02 Å². The van der Waals surface area contributed by atoms with Crippen molar-refractivity contribution in [1.82, 2.24) is 9.62 Å². The first-order valence-electron chi connectivity index (χ1n) is 10.1. The molecule has 3 rings (SSSR count). The van der Waals surface area contributed by atoms with Crippen LogP contribution in [-0.4, -0.2) is 61.0 Å². The number of benzene rings is 2. The number of nitrogens with one attached hydrogen (secondary N) is 1. The maximum atomic E-state index is 15.5. The summed E-state index contributed by atoms with van der Waals surface area (Å²) in [6, 6.07) is 5.40. The second-order valence-electron chi connectivity index (χ2n) is 8.62. The second-order valence-corrected chi connectivity index (χ2v) is 10.8. The van der Waals surface area contributed by atoms with Crippen LogP contribution in [0.5, 0.6) is 0 Å². The van der Waals surface area contributed by atoms with E-state index in [4.69, 9.17) is 11.6 Å². The van der Waals surface area contributed by atoms with Crippen LogP contribution in [-0.2, 0) is 21.2 Å². The standard InChI is InChI=1S/C22H24ClF3N2O4S/c1-22(2,30)21(29)28-11-17(25)20(27-33(3,31)32)18(28)9-12-5-4-6-14(19(12)26)15-10-13(23)7-8-16(15)24/h4-8,10,17-18,20,27,30H,9,11H2,1-3H3/t17-,18-,20-/m0/s1. The van der Waals surface area contributed by atoms with Gasteiger partial charge >= 0.3 is 0 Å². The van der Waals surface area contributed by atoms with Crippen molar-refractivity contribution in [3.8, 4) is 11.1 Å². The first-order chi connectivity index (χ1) is 15.2. The number of alkyl halides is 1. The molecule has 0 spiro atoms. The molecule has 2 aromatic rings. The topological polar surface area (TPSA) is 86.7 Å². The first-order valence-corrected chi connectivity index (χ1v) is 12.3. The van der Waals surface area contributed by atoms with Crippen LogP contribution in [0.3, 0.4) is 0 Å². The molecular weight excluding hydrogens is 481 g/mol. The van der Waals surface area contributed by atoms with Gasteiger partial charge in [-0.3, -0.25) is 4.79 Å². The number of carbonyl (C=O) groups excluding carboxylic acids is 1. The van der Waals surface area contributed by atoms with Crippen LogP contribution >= 0.6 is 11.6 Å². The van der Waals surface area contributed by atoms with Gasteiger partial charge in [-0.15, -0.1) is 0 Å². The third-order valence-electron chi connectivity index (χ3n) is 5.44. The van der Waals surface area contributed by atoms with Gasteiger partial charge in [-0.2, -0.15) is 0 Å². The highest BCUT2D eigenvalue weighted by atomic mass is 35.5. The molecule has 0 aliphatic carbocycles. The molecule has 1 heterocycles. The van der Waals surface area contributed by atoms with E-state index in [9.17, 15) is 27.1 Å². The molecular formula is C22H24ClF3N2O4S. The average molecular weight is 505 g/mol. The van der Waals surface area contributed by atoms with Crippen molar-refractivity contribution in [1.29, 1.82) is 0 Å². The molecule has 33 heavy (non-hydrogen) atoms. The Kier molecular flexibility index (Phi) is 7.14. The predicted molar refractivity (Wildman–Crippen MR) is 119 cm³/mol. The Balaban J connectivity index is 2.05. The minimum absolute atomic E-state index is 0.0137. The summed E-state index contributed by atoms with van der Waals surface area (Å²) in [6.07, 6.45) is -1.22. The number of hydrogen-bond acceptors (Lipinski definition) is 4. The Bertz CT molecular complexity index is 1170. The fraction of sp³-hybridized carbons (Fsp3) is 0.409. The van der Waals surface area contributed by atoms with Crippen molar-refractivity contribution in [3.63, 3.8) is 0 Å². The van der Waals surface area contributed by atoms with Crippen molar-refractivity contribution < 1.29 is 31.5 Å². The molecule has 11 heteroatoms. The Hall–Kier alpha value is -2.14. The van der Waals surface area contributed by atoms with E-state index in [2.05, 4.69) is 4.72 Å². The molecule has 1 amide bonds. The number of halogens is 4. The zero-order valence-electron chi connectivity index (χ0n) is 18.1. The summed E-state index contributed by atoms with van der Waals surface area (Å²) in [4.78, 5) is 13.8. The van der Waals surface area contributed by atoms with E-state index in [1.54, 1.807) is 0 Å². The third kappa shape index (κ3) is 5.68. The van der Waals surface area contributed by atoms with Crippen LogP contribution in [0.1, 0.15) is 19.4 Å². The number of aliphatic hydroxyl groups is 1. The van der Waals surface area contributed by atoms with Crippen molar-refractivity contribution in [3.05, 3.63) is 58.6 Å². The molecule has 3 atom stereocenters. The molecule has 0 aromatic heterocycles. The van der Waals surface area contributed by atoms with Crippen LogP contribution in [0, 0.1) is 11.6 Å². The molecule has 0 bridgehead atoms. The predicted octanol–water partition coefficient (Wildman–Crippen LogP) is 3.07. The highest BCUT2D eigenvalue weighted by molar-refractivity contribution is 7.88. The van der Waals surface area contributed by atoms with Gasteiger partial charge in [0.05, 0.1) is 24.9 Å². The molecule has 6 nitrogen and oxygen atoms in total. The maximum Gasteiger partial charge on any atom is 0.254 e. The molecule has 180 valence electrons. The molecule has 1 aliphatic heterocycles. The maximum absolute atomic E-state index is 15.5. The number of rotatable bonds is 6. The lowest BCUT2D eigenvalue weighted by atomic mass is 9.95. The van der Waals surface area contributed by atoms with Crippen LogP contribution in [0.25, 0.3) is 11.1 Å². The summed E-state index contributed by atoms with van der Waals surface area (Å²) in [6.45, 7) is 1.96. The summed E-state index contributed by atoms with van der Waals surface area (Å²) in [5.41, 5.74) is -2.01. The molecule has 0 radical (unpaired) electrons. The SMILES string of the molecule is CC(C)(O)C(=O)N1C[C@H](F)[C@H](NS(C)(=O)=O)[C@@H]1Cc1cccc(-c2cc(Cl)ccc2F)c1F. The highest BCUT2D eigenvalue weighted by Gasteiger charge is 2.48. The van der Waals surface area contributed by atoms with Gasteiger partial charge in [0.1, 0.15) is 23.4 Å². The fourth-order valence-corrected chi connectivity index (χ4v) is 4.94. The van der Waals surface area contributed by atoms with Gasteiger partial charge < -0.3 is 10.0 Å². The van der Waals surface area contributed by atoms with Crippen LogP contribution < -0.4 is 4.72 Å². The number of carbonyl (C=O) groups is 1. The molecule has 2 N–H and O–H groups in total. The van der Waals surface area contributed by atoms with Gasteiger partial charge in [-0.05, 0) is 44.0 Å². The molecule has 2 aromatic carbocycles. The number of nitrogens with zero attached hydrogens (tertiary/aromatic N) is 1. The molecule has 1 aliphatic rings. The zero-order valence-corrected chi connectivity index (χ0v) is 19.7. The Morgan fingerprint density at radius 2 is 1.91 bits per heavy atom. The lowest BCUT2D eigenvalue weighted by Crippen LogP contribution is -2.53. The van der Waals surface area contributed by atoms with Crippen molar-refractivity contribution in [2.24, 2.45) is 0 Å². The van der Waals surface area contributed by atoms with Crippen molar-refractivity contribution >= 4 is 27.5 Å². The van der Waals surface area contributed by atoms with Crippen LogP contribution in [0.4, 0.5) is 13.2 Å². The molecule has 0 saturated carbocycles. The summed E-state index contributed by atoms with van der Waals surface area (Å²) < 4.78 is 70.5. The van der Waals surface area contributed by atoms with E-state index in [1.165, 1.54) is 44.2 Å². The summed E-state index contributed by atoms with van der Waals surface area (Å²) in [5.74, 6) is -2.34. The minimum Gasteiger partial charge on any atom is -0.381 e. The van der Waals surface area contributed by atoms with Gasteiger partial charge in [0.15, 0.2) is 0 Å². The summed E-state index contributed by atoms with van der Waals surface area (Å²) in [7, 11) is -3.87. The lowest BCUT2D eigenvalue weighted by molar-refractivity contribution is -0.149. The largest absolute Gasteiger partial charge is 0.381 e. The molecule has 1 saturated heterocycles. The van der Waals surface area contributed by atoms with E-state index >= 15 is 4.39 Å². The molecule has 0 unspecified atom stereocenters. The van der Waals surface area contributed by atoms with E-state index < -0.39 is 58.0 Å². The zero-order chi connectivity index (χ0) is 24.7. The third-order valence-corrected chi connectivity index (χ3v) is 6.37. The summed E-state index contributed by atoms with van der Waals surface area (Å²) >= 11 is 5.93. The fourth-order valence-electron chi connectivity index (χ4n) is 3.97. The highest BCUT2D eigenvalue weighted by Crippen LogP contribution is 2.33. The average Bonchev–Trinajstić information content (AvgIpc) is 2.98. The number of likely N-dealkylation sites (tertiary alicyclic amines) is 1. The van der Waals surface area contributed by atoms with Gasteiger partial charge in [-0.25, -0.2) is 26.3 Å². The van der Waals surface area contributed by atoms with Gasteiger partial charge in [0, 0.05) is 16.1 Å². The van der Waals surface area contributed by atoms with Crippen LogP contribution in [0.15, 0.2) is 36.4 Å². The normalized spacial score (nSPS) is 21.5. The van der Waals surface area contributed by atoms with E-state index in [0.29, 0.717) is 0 Å². The van der Waals surface area contributed by atoms with Gasteiger partial charge in [0.25, 0.3) is 5.91 Å². The van der Waals surface area contributed by atoms with Crippen molar-refractivity contribution in [2.45, 2.75) is 44.1 Å². The monoisotopic (exact) mass is 504 g/mol. The number of sulfonamides is 1. The second kappa shape index (κ2) is 9.25. The Morgan fingerprint density at radius 1 is 1.24 bits per heavy atom. The number of hydrogen-bond donors (Lipinski definition) is 2. The smallest absolute Gasteiger partial charge is 0.254 e. The first kappa shape index (κ1) is 25.5. The molecule has 1 fully saturated rings. The van der Waals surface area contributed by atoms with E-state index in [-0.39, 0.29) is 28.1 Å². The lowest BCUT2D eigenvalue weighted by Gasteiger charge is -2.32. The van der Waals surface area contributed by atoms with E-state index in [1.807, 2.05) is 0 Å². The number of amides is 1. The van der Waals surface area contributed by atoms with Gasteiger partial charge in [-0.1, -0.05) is 29.8 Å².